The number of carbonyl (C=O) groups excluding carboxylic acids is 2. The molecule has 2 atom stereocenters. The quantitative estimate of drug-likeness (QED) is 0.237. The number of ether oxygens (including phenoxy) is 1. The first kappa shape index (κ1) is 21.6. The van der Waals surface area contributed by atoms with Crippen LogP contribution in [0.3, 0.4) is 0 Å². The van der Waals surface area contributed by atoms with Gasteiger partial charge in [0.25, 0.3) is 0 Å². The number of halogens is 1. The van der Waals surface area contributed by atoms with Crippen molar-refractivity contribution in [1.82, 2.24) is 0 Å². The summed E-state index contributed by atoms with van der Waals surface area (Å²) in [5.74, 6) is -1.09. The number of rotatable bonds is 7. The van der Waals surface area contributed by atoms with Crippen molar-refractivity contribution in [1.29, 1.82) is 0 Å². The number of alkyl halides is 1. The van der Waals surface area contributed by atoms with Crippen LogP contribution in [0, 0.1) is 5.92 Å². The fourth-order valence-electron chi connectivity index (χ4n) is 4.00. The van der Waals surface area contributed by atoms with Crippen molar-refractivity contribution in [3.05, 3.63) is 91.0 Å². The van der Waals surface area contributed by atoms with Crippen LogP contribution < -0.4 is 15.9 Å². The third kappa shape index (κ3) is 4.01. The summed E-state index contributed by atoms with van der Waals surface area (Å²) in [5, 5.41) is 2.81. The molecule has 3 aromatic carbocycles. The van der Waals surface area contributed by atoms with E-state index in [1.165, 1.54) is 0 Å². The lowest BCUT2D eigenvalue weighted by Gasteiger charge is -2.31. The maximum atomic E-state index is 13.8. The molecule has 4 rings (SSSR count). The van der Waals surface area contributed by atoms with Gasteiger partial charge in [0.2, 0.25) is 0 Å². The van der Waals surface area contributed by atoms with Gasteiger partial charge in [-0.3, -0.25) is 4.79 Å². The predicted molar refractivity (Wildman–Crippen MR) is 130 cm³/mol. The number of ketones is 1. The first-order valence-electron chi connectivity index (χ1n) is 10.4. The normalized spacial score (nSPS) is 17.6. The van der Waals surface area contributed by atoms with Gasteiger partial charge in [-0.1, -0.05) is 91.0 Å². The van der Waals surface area contributed by atoms with Crippen LogP contribution in [-0.4, -0.2) is 29.0 Å². The third-order valence-corrected chi connectivity index (χ3v) is 10.3. The molecule has 0 aliphatic heterocycles. The van der Waals surface area contributed by atoms with Crippen LogP contribution in [0.4, 0.5) is 0 Å². The number of esters is 1. The number of Topliss-reactive ketones (excluding diaryl/α,β-unsaturated/α-hetero) is 1. The lowest BCUT2D eigenvalue weighted by Crippen LogP contribution is -2.39. The summed E-state index contributed by atoms with van der Waals surface area (Å²) in [4.78, 5) is 27.3. The molecular formula is C26H24ClO3P. The lowest BCUT2D eigenvalue weighted by atomic mass is 10.2. The molecule has 0 saturated heterocycles. The Morgan fingerprint density at radius 1 is 0.839 bits per heavy atom. The molecule has 1 aliphatic carbocycles. The number of hydrogen-bond acceptors (Lipinski definition) is 3. The minimum Gasteiger partial charge on any atom is -0.462 e. The molecule has 1 aliphatic rings. The van der Waals surface area contributed by atoms with Crippen molar-refractivity contribution in [2.24, 2.45) is 5.92 Å². The summed E-state index contributed by atoms with van der Waals surface area (Å²) < 4.78 is 5.50. The summed E-state index contributed by atoms with van der Waals surface area (Å²) >= 11 is 6.29. The van der Waals surface area contributed by atoms with Crippen LogP contribution >= 0.6 is 18.5 Å². The molecule has 0 spiro atoms. The van der Waals surface area contributed by atoms with Gasteiger partial charge in [-0.15, -0.1) is 11.6 Å². The maximum absolute atomic E-state index is 13.8. The summed E-state index contributed by atoms with van der Waals surface area (Å²) in [6.07, 6.45) is 0.585. The molecule has 3 nitrogen and oxygen atoms in total. The second kappa shape index (κ2) is 9.26. The second-order valence-electron chi connectivity index (χ2n) is 7.47. The Bertz CT molecular complexity index is 1020. The second-order valence-corrected chi connectivity index (χ2v) is 11.4. The lowest BCUT2D eigenvalue weighted by molar-refractivity contribution is -0.135. The summed E-state index contributed by atoms with van der Waals surface area (Å²) in [6, 6.07) is 29.5. The van der Waals surface area contributed by atoms with Crippen molar-refractivity contribution in [2.45, 2.75) is 18.7 Å². The van der Waals surface area contributed by atoms with Gasteiger partial charge in [-0.2, -0.15) is 0 Å². The summed E-state index contributed by atoms with van der Waals surface area (Å²) in [6.45, 7) is -0.855. The molecule has 0 amide bonds. The third-order valence-electron chi connectivity index (χ3n) is 5.52. The van der Waals surface area contributed by atoms with Crippen molar-refractivity contribution >= 4 is 51.4 Å². The Kier molecular flexibility index (Phi) is 6.46. The van der Waals surface area contributed by atoms with E-state index in [9.17, 15) is 9.59 Å². The molecule has 31 heavy (non-hydrogen) atoms. The molecule has 0 radical (unpaired) electrons. The van der Waals surface area contributed by atoms with E-state index in [0.717, 1.165) is 15.9 Å². The van der Waals surface area contributed by atoms with E-state index >= 15 is 0 Å². The van der Waals surface area contributed by atoms with Crippen molar-refractivity contribution in [3.8, 4) is 0 Å². The number of benzene rings is 3. The van der Waals surface area contributed by atoms with E-state index in [4.69, 9.17) is 16.3 Å². The summed E-state index contributed by atoms with van der Waals surface area (Å²) in [5.41, 5.74) is 0. The van der Waals surface area contributed by atoms with E-state index in [0.29, 0.717) is 6.42 Å². The van der Waals surface area contributed by atoms with Gasteiger partial charge >= 0.3 is 5.97 Å². The highest BCUT2D eigenvalue weighted by Gasteiger charge is 2.48. The van der Waals surface area contributed by atoms with Gasteiger partial charge in [-0.25, -0.2) is 4.79 Å². The molecule has 158 valence electrons. The first-order chi connectivity index (χ1) is 15.1. The summed E-state index contributed by atoms with van der Waals surface area (Å²) in [7, 11) is 0. The molecule has 1 fully saturated rings. The zero-order valence-corrected chi connectivity index (χ0v) is 18.9. The molecule has 1 saturated carbocycles. The van der Waals surface area contributed by atoms with Gasteiger partial charge in [0.1, 0.15) is 5.29 Å². The minimum atomic E-state index is -2.81. The van der Waals surface area contributed by atoms with Crippen LogP contribution in [0.2, 0.25) is 0 Å². The molecule has 0 N–H and O–H groups in total. The largest absolute Gasteiger partial charge is 0.462 e. The van der Waals surface area contributed by atoms with E-state index < -0.39 is 12.9 Å². The zero-order valence-electron chi connectivity index (χ0n) is 17.3. The Morgan fingerprint density at radius 3 is 1.55 bits per heavy atom. The number of hydrogen-bond donors (Lipinski definition) is 0. The Morgan fingerprint density at radius 2 is 1.23 bits per heavy atom. The van der Waals surface area contributed by atoms with Crippen molar-refractivity contribution < 1.29 is 14.3 Å². The fraction of sp³-hybridized carbons (Fsp3) is 0.192. The fourth-order valence-corrected chi connectivity index (χ4v) is 8.67. The Hall–Kier alpha value is -2.61. The smallest absolute Gasteiger partial charge is 0.342 e. The van der Waals surface area contributed by atoms with E-state index in [-0.39, 0.29) is 29.0 Å². The standard InChI is InChI=1S/C26H24ClO3P/c1-2-30-26(29)25(24(28)22-18-23(22)27)31(19-12-6-3-7-13-19,20-14-8-4-9-15-20)21-16-10-5-11-17-21/h3-17,22-23H,2,18H2,1H3/t22-,23+/m1/s1. The molecule has 0 bridgehead atoms. The Balaban J connectivity index is 2.21. The van der Waals surface area contributed by atoms with Gasteiger partial charge in [0, 0.05) is 11.3 Å². The molecule has 0 unspecified atom stereocenters. The molecule has 5 heteroatoms. The monoisotopic (exact) mass is 450 g/mol. The maximum Gasteiger partial charge on any atom is 0.342 e. The van der Waals surface area contributed by atoms with Crippen LogP contribution in [0.5, 0.6) is 0 Å². The average Bonchev–Trinajstić information content (AvgIpc) is 3.55. The van der Waals surface area contributed by atoms with Gasteiger partial charge in [-0.05, 0) is 36.1 Å². The van der Waals surface area contributed by atoms with Gasteiger partial charge in [0.05, 0.1) is 6.61 Å². The topological polar surface area (TPSA) is 43.4 Å². The van der Waals surface area contributed by atoms with E-state index in [1.807, 2.05) is 91.0 Å². The van der Waals surface area contributed by atoms with Crippen molar-refractivity contribution in [2.75, 3.05) is 6.61 Å². The highest BCUT2D eigenvalue weighted by Crippen LogP contribution is 2.49. The van der Waals surface area contributed by atoms with Crippen LogP contribution in [-0.2, 0) is 14.3 Å². The SMILES string of the molecule is CCOC(=O)C(C(=O)[C@@H]1C[C@@H]1Cl)=P(c1ccccc1)(c1ccccc1)c1ccccc1. The highest BCUT2D eigenvalue weighted by molar-refractivity contribution is 7.97. The van der Waals surface area contributed by atoms with Crippen LogP contribution in [0.15, 0.2) is 91.0 Å². The molecule has 0 aromatic heterocycles. The van der Waals surface area contributed by atoms with E-state index in [2.05, 4.69) is 0 Å². The van der Waals surface area contributed by atoms with Crippen LogP contribution in [0.1, 0.15) is 13.3 Å². The van der Waals surface area contributed by atoms with Crippen LogP contribution in [0.25, 0.3) is 0 Å². The van der Waals surface area contributed by atoms with Crippen molar-refractivity contribution in [3.63, 3.8) is 0 Å². The molecule has 0 heterocycles. The van der Waals surface area contributed by atoms with E-state index in [1.54, 1.807) is 6.92 Å². The molecular weight excluding hydrogens is 427 g/mol. The van der Waals surface area contributed by atoms with Gasteiger partial charge < -0.3 is 4.74 Å². The predicted octanol–water partition coefficient (Wildman–Crippen LogP) is 3.91. The zero-order chi connectivity index (χ0) is 21.8. The average molecular weight is 451 g/mol. The van der Waals surface area contributed by atoms with Gasteiger partial charge in [0.15, 0.2) is 5.78 Å². The minimum absolute atomic E-state index is 0.191. The first-order valence-corrected chi connectivity index (χ1v) is 12.6. The molecule has 3 aromatic rings. The number of carbonyl (C=O) groups is 2. The highest BCUT2D eigenvalue weighted by atomic mass is 35.5. The Labute approximate surface area is 188 Å².